The second-order valence-corrected chi connectivity index (χ2v) is 16.1. The van der Waals surface area contributed by atoms with Crippen molar-refractivity contribution < 1.29 is 4.42 Å². The number of benzene rings is 6. The lowest BCUT2D eigenvalue weighted by Crippen LogP contribution is -2.42. The molecule has 2 heterocycles. The Labute approximate surface area is 315 Å². The lowest BCUT2D eigenvalue weighted by Gasteiger charge is -2.50. The molecule has 2 fully saturated rings. The van der Waals surface area contributed by atoms with Crippen LogP contribution in [0.5, 0.6) is 0 Å². The minimum absolute atomic E-state index is 0.265. The van der Waals surface area contributed by atoms with Gasteiger partial charge in [0.25, 0.3) is 0 Å². The zero-order valence-electron chi connectivity index (χ0n) is 30.6. The Balaban J connectivity index is 1.08. The smallest absolute Gasteiger partial charge is 0.164 e. The Hall–Kier alpha value is -6.12. The maximum Gasteiger partial charge on any atom is 0.164 e. The fraction of sp³-hybridized carbons (Fsp3) is 0.224. The standard InChI is InChI=1S/C49H40N4O/c1-30-21-33-22-31(2)27-49(26-30,28-33)39-17-14-35(15-18-39)46-51-47(53-48(52-46)41-12-6-8-34-7-3-4-11-40(34)41)38-10-5-9-36(24-38)37-16-20-45-43(25-37)42-23-32(29-50)13-19-44(42)54-45/h3-20,23-25,30-31,33H,21-22,26-28H2,1-2H3/t30-,31+,33?,49?. The summed E-state index contributed by atoms with van der Waals surface area (Å²) < 4.78 is 6.11. The van der Waals surface area contributed by atoms with Crippen LogP contribution in [-0.2, 0) is 5.41 Å². The maximum atomic E-state index is 9.53. The molecule has 54 heavy (non-hydrogen) atoms. The van der Waals surface area contributed by atoms with Crippen LogP contribution in [0.25, 0.3) is 78.0 Å². The first-order valence-electron chi connectivity index (χ1n) is 19.2. The van der Waals surface area contributed by atoms with Gasteiger partial charge in [-0.1, -0.05) is 105 Å². The second kappa shape index (κ2) is 12.8. The summed E-state index contributed by atoms with van der Waals surface area (Å²) in [6.07, 6.45) is 6.59. The van der Waals surface area contributed by atoms with Crippen molar-refractivity contribution in [3.05, 3.63) is 139 Å². The van der Waals surface area contributed by atoms with Crippen molar-refractivity contribution in [3.8, 4) is 51.4 Å². The van der Waals surface area contributed by atoms with E-state index in [0.717, 1.165) is 78.3 Å². The summed E-state index contributed by atoms with van der Waals surface area (Å²) in [6.45, 7) is 4.90. The van der Waals surface area contributed by atoms with Crippen LogP contribution in [0.15, 0.2) is 132 Å². The van der Waals surface area contributed by atoms with E-state index in [1.807, 2.05) is 18.2 Å². The molecule has 0 spiro atoms. The first kappa shape index (κ1) is 32.5. The summed E-state index contributed by atoms with van der Waals surface area (Å²) in [4.78, 5) is 15.5. The molecule has 4 atom stereocenters. The molecular weight excluding hydrogens is 661 g/mol. The number of hydrogen-bond acceptors (Lipinski definition) is 5. The first-order valence-corrected chi connectivity index (χ1v) is 19.2. The summed E-state index contributed by atoms with van der Waals surface area (Å²) >= 11 is 0. The average Bonchev–Trinajstić information content (AvgIpc) is 3.57. The van der Waals surface area contributed by atoms with Crippen molar-refractivity contribution in [2.45, 2.75) is 51.4 Å². The van der Waals surface area contributed by atoms with E-state index >= 15 is 0 Å². The van der Waals surface area contributed by atoms with Gasteiger partial charge in [-0.05, 0) is 119 Å². The normalized spacial score (nSPS) is 21.0. The van der Waals surface area contributed by atoms with E-state index in [2.05, 4.69) is 123 Å². The van der Waals surface area contributed by atoms with Crippen LogP contribution in [0.3, 0.4) is 0 Å². The Morgan fingerprint density at radius 2 is 1.20 bits per heavy atom. The van der Waals surface area contributed by atoms with Crippen LogP contribution in [0.4, 0.5) is 0 Å². The molecule has 5 heteroatoms. The van der Waals surface area contributed by atoms with Crippen molar-refractivity contribution >= 4 is 32.7 Å². The molecule has 8 aromatic rings. The molecule has 0 saturated heterocycles. The van der Waals surface area contributed by atoms with Crippen LogP contribution in [0.1, 0.15) is 57.1 Å². The molecule has 5 nitrogen and oxygen atoms in total. The van der Waals surface area contributed by atoms with Gasteiger partial charge in [0.05, 0.1) is 11.6 Å². The van der Waals surface area contributed by atoms with E-state index < -0.39 is 0 Å². The van der Waals surface area contributed by atoms with Gasteiger partial charge in [-0.25, -0.2) is 15.0 Å². The monoisotopic (exact) mass is 700 g/mol. The number of nitriles is 1. The molecule has 262 valence electrons. The van der Waals surface area contributed by atoms with Gasteiger partial charge in [0.2, 0.25) is 0 Å². The molecule has 2 unspecified atom stereocenters. The van der Waals surface area contributed by atoms with Crippen LogP contribution < -0.4 is 0 Å². The number of hydrogen-bond donors (Lipinski definition) is 0. The van der Waals surface area contributed by atoms with E-state index in [-0.39, 0.29) is 5.41 Å². The number of rotatable bonds is 5. The van der Waals surface area contributed by atoms with Crippen LogP contribution in [-0.4, -0.2) is 15.0 Å². The molecule has 6 aromatic carbocycles. The second-order valence-electron chi connectivity index (χ2n) is 16.1. The SMILES string of the molecule is C[C@@H]1CC2C[C@H](C)CC(c3ccc(-c4nc(-c5cccc(-c6ccc7oc8ccc(C#N)cc8c7c6)c5)nc(-c5cccc6ccccc56)n4)cc3)(C2)C1. The Kier molecular flexibility index (Phi) is 7.70. The van der Waals surface area contributed by atoms with E-state index in [9.17, 15) is 5.26 Å². The van der Waals surface area contributed by atoms with Crippen molar-refractivity contribution in [2.75, 3.05) is 0 Å². The number of furan rings is 1. The third-order valence-corrected chi connectivity index (χ3v) is 12.1. The molecule has 2 aliphatic carbocycles. The molecule has 2 aromatic heterocycles. The van der Waals surface area contributed by atoms with Gasteiger partial charge in [0.1, 0.15) is 11.2 Å². The minimum atomic E-state index is 0.265. The van der Waals surface area contributed by atoms with Gasteiger partial charge in [0.15, 0.2) is 17.5 Å². The highest BCUT2D eigenvalue weighted by Gasteiger charge is 2.45. The highest BCUT2D eigenvalue weighted by atomic mass is 16.3. The third kappa shape index (κ3) is 5.65. The van der Waals surface area contributed by atoms with Crippen LogP contribution in [0, 0.1) is 29.1 Å². The molecule has 2 saturated carbocycles. The van der Waals surface area contributed by atoms with Crippen molar-refractivity contribution in [3.63, 3.8) is 0 Å². The zero-order chi connectivity index (χ0) is 36.4. The van der Waals surface area contributed by atoms with Gasteiger partial charge in [-0.2, -0.15) is 5.26 Å². The van der Waals surface area contributed by atoms with Crippen LogP contribution in [0.2, 0.25) is 0 Å². The summed E-state index contributed by atoms with van der Waals surface area (Å²) in [7, 11) is 0. The predicted molar refractivity (Wildman–Crippen MR) is 218 cm³/mol. The summed E-state index contributed by atoms with van der Waals surface area (Å²) in [5.41, 5.74) is 8.89. The van der Waals surface area contributed by atoms with E-state index in [0.29, 0.717) is 23.0 Å². The lowest BCUT2D eigenvalue weighted by molar-refractivity contribution is 0.0780. The average molecular weight is 701 g/mol. The molecule has 0 aliphatic heterocycles. The number of aromatic nitrogens is 3. The summed E-state index contributed by atoms with van der Waals surface area (Å²) in [5, 5.41) is 13.7. The molecular formula is C49H40N4O. The summed E-state index contributed by atoms with van der Waals surface area (Å²) in [6, 6.07) is 46.4. The Bertz CT molecular complexity index is 2750. The fourth-order valence-corrected chi connectivity index (χ4v) is 10.1. The fourth-order valence-electron chi connectivity index (χ4n) is 10.1. The third-order valence-electron chi connectivity index (χ3n) is 12.1. The number of fused-ring (bicyclic) bond motifs is 6. The highest BCUT2D eigenvalue weighted by molar-refractivity contribution is 6.06. The van der Waals surface area contributed by atoms with Crippen molar-refractivity contribution in [2.24, 2.45) is 17.8 Å². The molecule has 10 rings (SSSR count). The first-order chi connectivity index (χ1) is 26.4. The Morgan fingerprint density at radius 1 is 0.574 bits per heavy atom. The number of nitrogens with zero attached hydrogens (tertiary/aromatic N) is 4. The van der Waals surface area contributed by atoms with E-state index in [1.165, 1.54) is 37.7 Å². The predicted octanol–water partition coefficient (Wildman–Crippen LogP) is 12.6. The van der Waals surface area contributed by atoms with E-state index in [4.69, 9.17) is 19.4 Å². The minimum Gasteiger partial charge on any atom is -0.456 e. The Morgan fingerprint density at radius 3 is 2.00 bits per heavy atom. The van der Waals surface area contributed by atoms with Gasteiger partial charge in [0, 0.05) is 27.5 Å². The zero-order valence-corrected chi connectivity index (χ0v) is 30.6. The molecule has 0 amide bonds. The molecule has 0 N–H and O–H groups in total. The lowest BCUT2D eigenvalue weighted by atomic mass is 9.54. The van der Waals surface area contributed by atoms with Crippen LogP contribution >= 0.6 is 0 Å². The van der Waals surface area contributed by atoms with E-state index in [1.54, 1.807) is 6.07 Å². The van der Waals surface area contributed by atoms with Gasteiger partial charge < -0.3 is 4.42 Å². The van der Waals surface area contributed by atoms with Gasteiger partial charge in [-0.3, -0.25) is 0 Å². The largest absolute Gasteiger partial charge is 0.456 e. The topological polar surface area (TPSA) is 75.6 Å². The maximum absolute atomic E-state index is 9.53. The van der Waals surface area contributed by atoms with Gasteiger partial charge >= 0.3 is 0 Å². The molecule has 0 radical (unpaired) electrons. The highest BCUT2D eigenvalue weighted by Crippen LogP contribution is 2.54. The molecule has 2 bridgehead atoms. The van der Waals surface area contributed by atoms with Crippen molar-refractivity contribution in [1.82, 2.24) is 15.0 Å². The van der Waals surface area contributed by atoms with Gasteiger partial charge in [-0.15, -0.1) is 0 Å². The summed E-state index contributed by atoms with van der Waals surface area (Å²) in [5.74, 6) is 4.32. The quantitative estimate of drug-likeness (QED) is 0.179. The molecule has 2 aliphatic rings. The van der Waals surface area contributed by atoms with Crippen molar-refractivity contribution in [1.29, 1.82) is 5.26 Å².